The van der Waals surface area contributed by atoms with Crippen LogP contribution in [0.3, 0.4) is 0 Å². The fourth-order valence-electron chi connectivity index (χ4n) is 3.06. The summed E-state index contributed by atoms with van der Waals surface area (Å²) in [6, 6.07) is 0. The monoisotopic (exact) mass is 450 g/mol. The number of likely N-dealkylation sites (N-methyl/N-ethyl adjacent to an activating group) is 1. The Morgan fingerprint density at radius 3 is 2.83 bits per heavy atom. The van der Waals surface area contributed by atoms with Crippen molar-refractivity contribution in [1.29, 1.82) is 0 Å². The van der Waals surface area contributed by atoms with Gasteiger partial charge in [0.25, 0.3) is 0 Å². The Hall–Kier alpha value is -0.830. The lowest BCUT2D eigenvalue weighted by molar-refractivity contribution is -0.127. The van der Waals surface area contributed by atoms with Crippen molar-refractivity contribution in [2.24, 2.45) is 10.9 Å². The second-order valence-corrected chi connectivity index (χ2v) is 6.78. The number of carbonyl (C=O) groups is 1. The molecule has 0 aromatic carbocycles. The van der Waals surface area contributed by atoms with Gasteiger partial charge in [-0.3, -0.25) is 4.79 Å². The Kier molecular flexibility index (Phi) is 9.04. The summed E-state index contributed by atoms with van der Waals surface area (Å²) >= 11 is 0. The molecular formula is C17H31IN4O2. The zero-order chi connectivity index (χ0) is 16.8. The van der Waals surface area contributed by atoms with E-state index in [-0.39, 0.29) is 36.4 Å². The van der Waals surface area contributed by atoms with E-state index in [1.807, 2.05) is 6.92 Å². The third-order valence-electron chi connectivity index (χ3n) is 4.43. The lowest BCUT2D eigenvalue weighted by atomic mass is 9.88. The predicted molar refractivity (Wildman–Crippen MR) is 108 cm³/mol. The number of likely N-dealkylation sites (tertiary alicyclic amines) is 1. The van der Waals surface area contributed by atoms with E-state index in [4.69, 9.17) is 4.74 Å². The second-order valence-electron chi connectivity index (χ2n) is 6.78. The number of fused-ring (bicyclic) bond motifs is 1. The van der Waals surface area contributed by atoms with Crippen LogP contribution in [0.4, 0.5) is 0 Å². The molecule has 1 amide bonds. The van der Waals surface area contributed by atoms with Gasteiger partial charge >= 0.3 is 0 Å². The first-order valence-electron chi connectivity index (χ1n) is 8.46. The molecule has 2 aliphatic rings. The van der Waals surface area contributed by atoms with Crippen LogP contribution < -0.4 is 5.32 Å². The first-order valence-corrected chi connectivity index (χ1v) is 8.46. The molecule has 2 rings (SSSR count). The van der Waals surface area contributed by atoms with E-state index in [1.165, 1.54) is 6.42 Å². The van der Waals surface area contributed by atoms with Crippen molar-refractivity contribution in [1.82, 2.24) is 15.1 Å². The highest BCUT2D eigenvalue weighted by Gasteiger charge is 2.33. The molecule has 0 aromatic rings. The van der Waals surface area contributed by atoms with Crippen molar-refractivity contribution >= 4 is 35.8 Å². The lowest BCUT2D eigenvalue weighted by Gasteiger charge is -2.42. The third kappa shape index (κ3) is 6.23. The van der Waals surface area contributed by atoms with Crippen LogP contribution in [-0.2, 0) is 9.53 Å². The minimum atomic E-state index is 0. The van der Waals surface area contributed by atoms with Crippen LogP contribution >= 0.6 is 24.0 Å². The third-order valence-corrected chi connectivity index (χ3v) is 4.43. The minimum Gasteiger partial charge on any atom is -0.378 e. The van der Waals surface area contributed by atoms with Crippen molar-refractivity contribution in [3.8, 4) is 0 Å². The summed E-state index contributed by atoms with van der Waals surface area (Å²) in [7, 11) is 3.51. The van der Waals surface area contributed by atoms with E-state index in [0.29, 0.717) is 18.6 Å². The number of nitrogens with zero attached hydrogens (tertiary/aromatic N) is 3. The van der Waals surface area contributed by atoms with Crippen molar-refractivity contribution in [3.05, 3.63) is 12.2 Å². The van der Waals surface area contributed by atoms with Gasteiger partial charge in [0.15, 0.2) is 5.96 Å². The Balaban J connectivity index is 0.00000288. The number of piperidine rings is 1. The highest BCUT2D eigenvalue weighted by Crippen LogP contribution is 2.28. The van der Waals surface area contributed by atoms with E-state index < -0.39 is 0 Å². The molecule has 0 radical (unpaired) electrons. The lowest BCUT2D eigenvalue weighted by Crippen LogP contribution is -2.52. The quantitative estimate of drug-likeness (QED) is 0.307. The molecule has 2 heterocycles. The van der Waals surface area contributed by atoms with E-state index in [2.05, 4.69) is 21.8 Å². The van der Waals surface area contributed by atoms with Gasteiger partial charge in [0.05, 0.1) is 6.10 Å². The standard InChI is InChI=1S/C17H30N4O2.HI/c1-13(2)10-18-17(19-11-16(22)20(3)4)21-8-7-15-14(12-21)6-5-9-23-15;/h14-15H,1,5-12H2,2-4H3,(H,18,19);1H. The molecule has 2 fully saturated rings. The smallest absolute Gasteiger partial charge is 0.243 e. The Labute approximate surface area is 162 Å². The highest BCUT2D eigenvalue weighted by atomic mass is 127. The average Bonchev–Trinajstić information content (AvgIpc) is 2.53. The number of hydrogen-bond acceptors (Lipinski definition) is 3. The highest BCUT2D eigenvalue weighted by molar-refractivity contribution is 14.0. The van der Waals surface area contributed by atoms with Gasteiger partial charge in [-0.05, 0) is 26.2 Å². The van der Waals surface area contributed by atoms with Gasteiger partial charge in [0, 0.05) is 46.3 Å². The number of rotatable bonds is 4. The molecule has 0 aromatic heterocycles. The summed E-state index contributed by atoms with van der Waals surface area (Å²) in [5.74, 6) is 1.39. The van der Waals surface area contributed by atoms with Crippen molar-refractivity contribution in [2.75, 3.05) is 46.9 Å². The van der Waals surface area contributed by atoms with Crippen LogP contribution in [0.25, 0.3) is 0 Å². The number of guanidine groups is 1. The van der Waals surface area contributed by atoms with Crippen LogP contribution in [0, 0.1) is 5.92 Å². The summed E-state index contributed by atoms with van der Waals surface area (Å²) in [4.78, 5) is 20.2. The summed E-state index contributed by atoms with van der Waals surface area (Å²) in [5.41, 5.74) is 1.05. The maximum atomic E-state index is 11.8. The second kappa shape index (κ2) is 10.2. The molecule has 6 nitrogen and oxygen atoms in total. The largest absolute Gasteiger partial charge is 0.378 e. The van der Waals surface area contributed by atoms with Crippen LogP contribution in [0.1, 0.15) is 26.2 Å². The first-order chi connectivity index (χ1) is 11.0. The molecule has 2 unspecified atom stereocenters. The van der Waals surface area contributed by atoms with Gasteiger partial charge in [-0.15, -0.1) is 24.0 Å². The average molecular weight is 450 g/mol. The van der Waals surface area contributed by atoms with Crippen molar-refractivity contribution in [2.45, 2.75) is 32.3 Å². The van der Waals surface area contributed by atoms with Crippen LogP contribution in [-0.4, -0.2) is 74.7 Å². The van der Waals surface area contributed by atoms with Gasteiger partial charge in [-0.25, -0.2) is 4.99 Å². The SMILES string of the molecule is C=C(C)CNC(=NCC(=O)N(C)C)N1CCC2OCCCC2C1.I. The molecule has 24 heavy (non-hydrogen) atoms. The summed E-state index contributed by atoms with van der Waals surface area (Å²) in [6.45, 7) is 9.52. The number of aliphatic imine (C=N–C) groups is 1. The van der Waals surface area contributed by atoms with E-state index in [9.17, 15) is 4.79 Å². The molecular weight excluding hydrogens is 419 g/mol. The van der Waals surface area contributed by atoms with E-state index >= 15 is 0 Å². The van der Waals surface area contributed by atoms with Crippen LogP contribution in [0.15, 0.2) is 17.1 Å². The molecule has 138 valence electrons. The fraction of sp³-hybridized carbons (Fsp3) is 0.765. The number of carbonyl (C=O) groups excluding carboxylic acids is 1. The predicted octanol–water partition coefficient (Wildman–Crippen LogP) is 1.72. The molecule has 0 saturated carbocycles. The summed E-state index contributed by atoms with van der Waals surface area (Å²) in [6.07, 6.45) is 3.77. The Morgan fingerprint density at radius 2 is 2.17 bits per heavy atom. The number of ether oxygens (including phenoxy) is 1. The van der Waals surface area contributed by atoms with E-state index in [0.717, 1.165) is 44.1 Å². The molecule has 0 spiro atoms. The maximum absolute atomic E-state index is 11.8. The molecule has 1 N–H and O–H groups in total. The topological polar surface area (TPSA) is 57.2 Å². The van der Waals surface area contributed by atoms with Gasteiger partial charge in [-0.2, -0.15) is 0 Å². The van der Waals surface area contributed by atoms with Crippen LogP contribution in [0.5, 0.6) is 0 Å². The zero-order valence-electron chi connectivity index (χ0n) is 15.1. The maximum Gasteiger partial charge on any atom is 0.243 e. The Bertz CT molecular complexity index is 468. The molecule has 2 aliphatic heterocycles. The van der Waals surface area contributed by atoms with Crippen molar-refractivity contribution < 1.29 is 9.53 Å². The van der Waals surface area contributed by atoms with Crippen LogP contribution in [0.2, 0.25) is 0 Å². The number of amides is 1. The zero-order valence-corrected chi connectivity index (χ0v) is 17.4. The molecule has 2 atom stereocenters. The summed E-state index contributed by atoms with van der Waals surface area (Å²) in [5, 5.41) is 3.34. The normalized spacial score (nSPS) is 23.8. The van der Waals surface area contributed by atoms with Gasteiger partial charge in [-0.1, -0.05) is 12.2 Å². The number of nitrogens with one attached hydrogen (secondary N) is 1. The first kappa shape index (κ1) is 21.2. The molecule has 0 aliphatic carbocycles. The van der Waals surface area contributed by atoms with Gasteiger partial charge < -0.3 is 19.9 Å². The van der Waals surface area contributed by atoms with Gasteiger partial charge in [0.2, 0.25) is 5.91 Å². The number of hydrogen-bond donors (Lipinski definition) is 1. The van der Waals surface area contributed by atoms with Crippen molar-refractivity contribution in [3.63, 3.8) is 0 Å². The molecule has 0 bridgehead atoms. The summed E-state index contributed by atoms with van der Waals surface area (Å²) < 4.78 is 5.88. The number of halogens is 1. The molecule has 7 heteroatoms. The Morgan fingerprint density at radius 1 is 1.42 bits per heavy atom. The fourth-order valence-corrected chi connectivity index (χ4v) is 3.06. The molecule has 2 saturated heterocycles. The minimum absolute atomic E-state index is 0. The van der Waals surface area contributed by atoms with Gasteiger partial charge in [0.1, 0.15) is 6.54 Å². The van der Waals surface area contributed by atoms with E-state index in [1.54, 1.807) is 19.0 Å².